The van der Waals surface area contributed by atoms with Gasteiger partial charge < -0.3 is 10.3 Å². The molecule has 0 spiro atoms. The maximum Gasteiger partial charge on any atom is 0.0952 e. The Morgan fingerprint density at radius 2 is 2.42 bits per heavy atom. The lowest BCUT2D eigenvalue weighted by molar-refractivity contribution is 0.540. The molecule has 0 saturated heterocycles. The first kappa shape index (κ1) is 7.80. The molecule has 3 heteroatoms. The Bertz CT molecular complexity index is 288. The largest absolute Gasteiger partial charge is 0.334 e. The van der Waals surface area contributed by atoms with Crippen LogP contribution < -0.4 is 5.73 Å². The fourth-order valence-electron chi connectivity index (χ4n) is 1.60. The van der Waals surface area contributed by atoms with Crippen molar-refractivity contribution < 1.29 is 0 Å². The molecule has 0 aromatic carbocycles. The van der Waals surface area contributed by atoms with Gasteiger partial charge in [-0.25, -0.2) is 4.98 Å². The van der Waals surface area contributed by atoms with Gasteiger partial charge in [-0.15, -0.1) is 0 Å². The average Bonchev–Trinajstić information content (AvgIpc) is 2.52. The second-order valence-electron chi connectivity index (χ2n) is 4.22. The number of nitrogens with two attached hydrogens (primary N) is 1. The molecule has 0 amide bonds. The average molecular weight is 165 g/mol. The highest BCUT2D eigenvalue weighted by Crippen LogP contribution is 2.55. The van der Waals surface area contributed by atoms with Gasteiger partial charge in [0.1, 0.15) is 0 Å². The second-order valence-corrected chi connectivity index (χ2v) is 4.22. The van der Waals surface area contributed by atoms with Crippen LogP contribution in [0.1, 0.15) is 32.0 Å². The van der Waals surface area contributed by atoms with E-state index in [4.69, 9.17) is 5.73 Å². The number of rotatable bonds is 2. The monoisotopic (exact) mass is 165 g/mol. The minimum atomic E-state index is 0.465. The van der Waals surface area contributed by atoms with Crippen LogP contribution in [0.15, 0.2) is 12.5 Å². The lowest BCUT2D eigenvalue weighted by Crippen LogP contribution is -1.98. The molecule has 1 aliphatic rings. The Hall–Kier alpha value is -0.830. The molecule has 66 valence electrons. The first-order valence-electron chi connectivity index (χ1n) is 4.36. The molecule has 1 aromatic heterocycles. The molecular weight excluding hydrogens is 150 g/mol. The van der Waals surface area contributed by atoms with E-state index in [1.807, 2.05) is 6.33 Å². The fraction of sp³-hybridized carbons (Fsp3) is 0.667. The van der Waals surface area contributed by atoms with Crippen molar-refractivity contribution in [3.63, 3.8) is 0 Å². The van der Waals surface area contributed by atoms with E-state index in [-0.39, 0.29) is 0 Å². The zero-order valence-electron chi connectivity index (χ0n) is 7.62. The predicted octanol–water partition coefficient (Wildman–Crippen LogP) is 1.31. The first-order valence-corrected chi connectivity index (χ1v) is 4.36. The van der Waals surface area contributed by atoms with Crippen LogP contribution in [0.3, 0.4) is 0 Å². The van der Waals surface area contributed by atoms with Crippen LogP contribution >= 0.6 is 0 Å². The first-order chi connectivity index (χ1) is 5.63. The summed E-state index contributed by atoms with van der Waals surface area (Å²) >= 11 is 0. The molecule has 2 rings (SSSR count). The lowest BCUT2D eigenvalue weighted by Gasteiger charge is -2.02. The third-order valence-electron chi connectivity index (χ3n) is 2.69. The summed E-state index contributed by atoms with van der Waals surface area (Å²) in [7, 11) is 0. The van der Waals surface area contributed by atoms with Gasteiger partial charge >= 0.3 is 0 Å². The molecule has 0 radical (unpaired) electrons. The van der Waals surface area contributed by atoms with Gasteiger partial charge in [0.05, 0.1) is 12.0 Å². The van der Waals surface area contributed by atoms with Gasteiger partial charge in [0.15, 0.2) is 0 Å². The molecule has 1 fully saturated rings. The molecule has 1 aliphatic carbocycles. The number of nitrogens with zero attached hydrogens (tertiary/aromatic N) is 2. The third-order valence-corrected chi connectivity index (χ3v) is 2.69. The molecule has 1 unspecified atom stereocenters. The molecule has 1 heterocycles. The maximum absolute atomic E-state index is 5.48. The van der Waals surface area contributed by atoms with Crippen molar-refractivity contribution in [3.05, 3.63) is 18.2 Å². The SMILES string of the molecule is CC1(C)CC1n1cnc(CN)c1. The van der Waals surface area contributed by atoms with Crippen LogP contribution in [-0.4, -0.2) is 9.55 Å². The van der Waals surface area contributed by atoms with E-state index in [1.54, 1.807) is 0 Å². The highest BCUT2D eigenvalue weighted by molar-refractivity contribution is 5.06. The van der Waals surface area contributed by atoms with Gasteiger partial charge in [-0.2, -0.15) is 0 Å². The Morgan fingerprint density at radius 3 is 2.83 bits per heavy atom. The molecule has 3 nitrogen and oxygen atoms in total. The molecule has 0 aliphatic heterocycles. The summed E-state index contributed by atoms with van der Waals surface area (Å²) in [6, 6.07) is 0.644. The van der Waals surface area contributed by atoms with Gasteiger partial charge in [-0.1, -0.05) is 13.8 Å². The van der Waals surface area contributed by atoms with Crippen molar-refractivity contribution >= 4 is 0 Å². The summed E-state index contributed by atoms with van der Waals surface area (Å²) in [6.07, 6.45) is 5.20. The lowest BCUT2D eigenvalue weighted by atomic mass is 10.2. The molecule has 0 bridgehead atoms. The molecule has 1 aromatic rings. The minimum absolute atomic E-state index is 0.465. The Balaban J connectivity index is 2.15. The van der Waals surface area contributed by atoms with Gasteiger partial charge in [-0.3, -0.25) is 0 Å². The van der Waals surface area contributed by atoms with E-state index in [9.17, 15) is 0 Å². The molecule has 1 atom stereocenters. The third kappa shape index (κ3) is 1.14. The van der Waals surface area contributed by atoms with Crippen molar-refractivity contribution in [1.29, 1.82) is 0 Å². The molecule has 1 saturated carbocycles. The molecule has 2 N–H and O–H groups in total. The summed E-state index contributed by atoms with van der Waals surface area (Å²) in [5.41, 5.74) is 6.92. The van der Waals surface area contributed by atoms with Crippen molar-refractivity contribution in [3.8, 4) is 0 Å². The van der Waals surface area contributed by atoms with E-state index >= 15 is 0 Å². The molecule has 12 heavy (non-hydrogen) atoms. The van der Waals surface area contributed by atoms with E-state index in [0.717, 1.165) is 5.69 Å². The quantitative estimate of drug-likeness (QED) is 0.718. The Morgan fingerprint density at radius 1 is 1.75 bits per heavy atom. The number of hydrogen-bond acceptors (Lipinski definition) is 2. The van der Waals surface area contributed by atoms with E-state index in [0.29, 0.717) is 18.0 Å². The van der Waals surface area contributed by atoms with Crippen LogP contribution in [0.2, 0.25) is 0 Å². The highest BCUT2D eigenvalue weighted by atomic mass is 15.1. The van der Waals surface area contributed by atoms with Crippen LogP contribution in [0.4, 0.5) is 0 Å². The summed E-state index contributed by atoms with van der Waals surface area (Å²) in [4.78, 5) is 4.20. The van der Waals surface area contributed by atoms with Crippen LogP contribution in [0, 0.1) is 5.41 Å². The Kier molecular flexibility index (Phi) is 1.51. The number of aromatic nitrogens is 2. The smallest absolute Gasteiger partial charge is 0.0952 e. The van der Waals surface area contributed by atoms with E-state index < -0.39 is 0 Å². The van der Waals surface area contributed by atoms with E-state index in [2.05, 4.69) is 29.6 Å². The fourth-order valence-corrected chi connectivity index (χ4v) is 1.60. The maximum atomic E-state index is 5.48. The summed E-state index contributed by atoms with van der Waals surface area (Å²) in [5, 5.41) is 0. The van der Waals surface area contributed by atoms with E-state index in [1.165, 1.54) is 6.42 Å². The zero-order chi connectivity index (χ0) is 8.77. The van der Waals surface area contributed by atoms with Crippen LogP contribution in [-0.2, 0) is 6.54 Å². The second kappa shape index (κ2) is 2.33. The van der Waals surface area contributed by atoms with Crippen molar-refractivity contribution in [1.82, 2.24) is 9.55 Å². The Labute approximate surface area is 72.6 Å². The summed E-state index contributed by atoms with van der Waals surface area (Å²) < 4.78 is 2.18. The van der Waals surface area contributed by atoms with Gasteiger partial charge in [0.25, 0.3) is 0 Å². The van der Waals surface area contributed by atoms with Crippen molar-refractivity contribution in [2.45, 2.75) is 32.9 Å². The topological polar surface area (TPSA) is 43.8 Å². The normalized spacial score (nSPS) is 25.8. The molecular formula is C9H15N3. The number of hydrogen-bond donors (Lipinski definition) is 1. The van der Waals surface area contributed by atoms with Gasteiger partial charge in [-0.05, 0) is 11.8 Å². The predicted molar refractivity (Wildman–Crippen MR) is 47.6 cm³/mol. The van der Waals surface area contributed by atoms with Crippen LogP contribution in [0.25, 0.3) is 0 Å². The highest BCUT2D eigenvalue weighted by Gasteiger charge is 2.46. The summed E-state index contributed by atoms with van der Waals surface area (Å²) in [5.74, 6) is 0. The van der Waals surface area contributed by atoms with Gasteiger partial charge in [0, 0.05) is 18.8 Å². The van der Waals surface area contributed by atoms with Crippen molar-refractivity contribution in [2.24, 2.45) is 11.1 Å². The zero-order valence-corrected chi connectivity index (χ0v) is 7.62. The van der Waals surface area contributed by atoms with Gasteiger partial charge in [0.2, 0.25) is 0 Å². The number of imidazole rings is 1. The minimum Gasteiger partial charge on any atom is -0.334 e. The van der Waals surface area contributed by atoms with Crippen molar-refractivity contribution in [2.75, 3.05) is 0 Å². The standard InChI is InChI=1S/C9H15N3/c1-9(2)3-8(9)12-5-7(4-10)11-6-12/h5-6,8H,3-4,10H2,1-2H3. The van der Waals surface area contributed by atoms with Crippen LogP contribution in [0.5, 0.6) is 0 Å². The summed E-state index contributed by atoms with van der Waals surface area (Å²) in [6.45, 7) is 5.10.